The first-order valence-corrected chi connectivity index (χ1v) is 14.0. The monoisotopic (exact) mass is 601 g/mol. The summed E-state index contributed by atoms with van der Waals surface area (Å²) in [6, 6.07) is 4.00. The maximum absolute atomic E-state index is 14.1. The second-order valence-electron chi connectivity index (χ2n) is 11.8. The maximum atomic E-state index is 14.1. The van der Waals surface area contributed by atoms with E-state index in [1.807, 2.05) is 0 Å². The van der Waals surface area contributed by atoms with E-state index in [4.69, 9.17) is 4.74 Å². The summed E-state index contributed by atoms with van der Waals surface area (Å²) in [6.45, 7) is 5.52. The van der Waals surface area contributed by atoms with Crippen LogP contribution in [0.1, 0.15) is 72.5 Å². The van der Waals surface area contributed by atoms with Crippen molar-refractivity contribution in [3.63, 3.8) is 0 Å². The molecule has 0 N–H and O–H groups in total. The van der Waals surface area contributed by atoms with E-state index >= 15 is 0 Å². The molecular formula is C30H34F7N3O2. The minimum Gasteiger partial charge on any atom is -0.378 e. The lowest BCUT2D eigenvalue weighted by molar-refractivity contribution is -0.143. The first kappa shape index (κ1) is 30.6. The van der Waals surface area contributed by atoms with Gasteiger partial charge in [0.2, 0.25) is 0 Å². The van der Waals surface area contributed by atoms with Crippen LogP contribution in [0.2, 0.25) is 0 Å². The van der Waals surface area contributed by atoms with Gasteiger partial charge in [0, 0.05) is 31.7 Å². The lowest BCUT2D eigenvalue weighted by atomic mass is 9.78. The van der Waals surface area contributed by atoms with Gasteiger partial charge in [0.05, 0.1) is 36.4 Å². The molecule has 3 heterocycles. The number of carbonyl (C=O) groups is 1. The number of rotatable bonds is 3. The van der Waals surface area contributed by atoms with Crippen LogP contribution >= 0.6 is 0 Å². The first-order valence-electron chi connectivity index (χ1n) is 14.0. The molecule has 42 heavy (non-hydrogen) atoms. The highest BCUT2D eigenvalue weighted by Crippen LogP contribution is 2.49. The highest BCUT2D eigenvalue weighted by atomic mass is 19.4. The number of aryl methyl sites for hydroxylation is 1. The third kappa shape index (κ3) is 5.71. The smallest absolute Gasteiger partial charge is 0.378 e. The standard InChI is InChI=1S/C30H34F7N3O2/c1-18-12-23(31)4-5-25(18)26-16-28(7-6-24-17-42-11-10-40(24)28)8-9-39(26)27(41)38(3)19(2)20-13-21(29(32,33)34)15-22(14-20)30(35,36)37/h4-5,12-15,19,24,26H,6-11,16-17H2,1-3H3/t19-,24?,26-,28+/m1/s1. The molecule has 2 aromatic rings. The van der Waals surface area contributed by atoms with Crippen molar-refractivity contribution < 1.29 is 40.3 Å². The molecule has 3 aliphatic heterocycles. The van der Waals surface area contributed by atoms with Gasteiger partial charge in [-0.25, -0.2) is 9.18 Å². The number of morpholine rings is 1. The summed E-state index contributed by atoms with van der Waals surface area (Å²) in [4.78, 5) is 19.3. The summed E-state index contributed by atoms with van der Waals surface area (Å²) < 4.78 is 101. The number of ether oxygens (including phenoxy) is 1. The van der Waals surface area contributed by atoms with Crippen LogP contribution in [-0.2, 0) is 17.1 Å². The van der Waals surface area contributed by atoms with Crippen LogP contribution in [0.25, 0.3) is 0 Å². The Morgan fingerprint density at radius 1 is 1.02 bits per heavy atom. The Morgan fingerprint density at radius 2 is 1.69 bits per heavy atom. The van der Waals surface area contributed by atoms with E-state index in [9.17, 15) is 35.5 Å². The van der Waals surface area contributed by atoms with Gasteiger partial charge in [0.25, 0.3) is 0 Å². The molecule has 5 nitrogen and oxygen atoms in total. The van der Waals surface area contributed by atoms with Crippen molar-refractivity contribution in [2.45, 2.75) is 75.5 Å². The molecule has 5 rings (SSSR count). The molecule has 0 bridgehead atoms. The number of urea groups is 1. The Morgan fingerprint density at radius 3 is 2.31 bits per heavy atom. The minimum atomic E-state index is -5.00. The van der Waals surface area contributed by atoms with Gasteiger partial charge in [-0.1, -0.05) is 6.07 Å². The summed E-state index contributed by atoms with van der Waals surface area (Å²) >= 11 is 0. The van der Waals surface area contributed by atoms with Gasteiger partial charge in [-0.2, -0.15) is 26.3 Å². The summed E-state index contributed by atoms with van der Waals surface area (Å²) in [5.74, 6) is -0.412. The highest BCUT2D eigenvalue weighted by molar-refractivity contribution is 5.75. The second kappa shape index (κ2) is 11.0. The normalized spacial score (nSPS) is 25.9. The summed E-state index contributed by atoms with van der Waals surface area (Å²) in [5, 5.41) is 0. The van der Waals surface area contributed by atoms with Crippen LogP contribution in [0.3, 0.4) is 0 Å². The number of fused-ring (bicyclic) bond motifs is 2. The second-order valence-corrected chi connectivity index (χ2v) is 11.8. The van der Waals surface area contributed by atoms with E-state index in [1.165, 1.54) is 31.0 Å². The van der Waals surface area contributed by atoms with Crippen LogP contribution in [0.5, 0.6) is 0 Å². The molecule has 3 fully saturated rings. The summed E-state index contributed by atoms with van der Waals surface area (Å²) in [6.07, 6.45) is -6.89. The van der Waals surface area contributed by atoms with Crippen molar-refractivity contribution in [2.75, 3.05) is 33.4 Å². The number of hydrogen-bond donors (Lipinski definition) is 0. The average Bonchev–Trinajstić information content (AvgIpc) is 3.28. The molecule has 4 atom stereocenters. The molecule has 1 unspecified atom stereocenters. The van der Waals surface area contributed by atoms with Crippen LogP contribution < -0.4 is 0 Å². The Kier molecular flexibility index (Phi) is 8.02. The Balaban J connectivity index is 1.47. The van der Waals surface area contributed by atoms with Crippen LogP contribution in [0.15, 0.2) is 36.4 Å². The summed E-state index contributed by atoms with van der Waals surface area (Å²) in [5.41, 5.74) is -1.90. The van der Waals surface area contributed by atoms with Gasteiger partial charge < -0.3 is 14.5 Å². The number of likely N-dealkylation sites (tertiary alicyclic amines) is 1. The van der Waals surface area contributed by atoms with Gasteiger partial charge in [-0.15, -0.1) is 0 Å². The predicted molar refractivity (Wildman–Crippen MR) is 141 cm³/mol. The highest BCUT2D eigenvalue weighted by Gasteiger charge is 2.52. The van der Waals surface area contributed by atoms with E-state index < -0.39 is 47.4 Å². The molecule has 2 aromatic carbocycles. The fraction of sp³-hybridized carbons (Fsp3) is 0.567. The Labute approximate surface area is 240 Å². The molecule has 0 radical (unpaired) electrons. The Bertz CT molecular complexity index is 1300. The average molecular weight is 602 g/mol. The van der Waals surface area contributed by atoms with Gasteiger partial charge in [-0.05, 0) is 86.6 Å². The number of amides is 2. The van der Waals surface area contributed by atoms with Crippen molar-refractivity contribution in [3.05, 3.63) is 70.0 Å². The SMILES string of the molecule is Cc1cc(F)ccc1[C@H]1C[C@]2(CCC3COCCN32)CCN1C(=O)N(C)[C@H](C)c1cc(C(F)(F)F)cc(C(F)(F)F)c1. The van der Waals surface area contributed by atoms with Gasteiger partial charge in [0.15, 0.2) is 0 Å². The predicted octanol–water partition coefficient (Wildman–Crippen LogP) is 7.36. The third-order valence-electron chi connectivity index (χ3n) is 9.36. The molecule has 230 valence electrons. The molecule has 3 aliphatic rings. The number of piperidine rings is 1. The first-order chi connectivity index (χ1) is 19.6. The van der Waals surface area contributed by atoms with Crippen molar-refractivity contribution in [1.29, 1.82) is 0 Å². The lowest BCUT2D eigenvalue weighted by Crippen LogP contribution is -2.59. The van der Waals surface area contributed by atoms with E-state index in [0.717, 1.165) is 24.9 Å². The maximum Gasteiger partial charge on any atom is 0.416 e. The molecular weight excluding hydrogens is 567 g/mol. The zero-order valence-corrected chi connectivity index (χ0v) is 23.7. The summed E-state index contributed by atoms with van der Waals surface area (Å²) in [7, 11) is 1.38. The molecule has 0 aliphatic carbocycles. The van der Waals surface area contributed by atoms with Crippen LogP contribution in [-0.4, -0.2) is 65.7 Å². The van der Waals surface area contributed by atoms with Crippen molar-refractivity contribution in [2.24, 2.45) is 0 Å². The number of benzene rings is 2. The van der Waals surface area contributed by atoms with Crippen LogP contribution in [0.4, 0.5) is 35.5 Å². The molecule has 0 aromatic heterocycles. The molecule has 0 saturated carbocycles. The van der Waals surface area contributed by atoms with E-state index in [1.54, 1.807) is 17.9 Å². The van der Waals surface area contributed by atoms with Crippen molar-refractivity contribution in [1.82, 2.24) is 14.7 Å². The number of halogens is 7. The molecule has 3 saturated heterocycles. The fourth-order valence-corrected chi connectivity index (χ4v) is 6.97. The lowest BCUT2D eigenvalue weighted by Gasteiger charge is -2.52. The van der Waals surface area contributed by atoms with Gasteiger partial charge in [0.1, 0.15) is 5.82 Å². The van der Waals surface area contributed by atoms with Crippen molar-refractivity contribution in [3.8, 4) is 0 Å². The van der Waals surface area contributed by atoms with Gasteiger partial charge in [-0.3, -0.25) is 4.90 Å². The Hall–Kier alpha value is -2.86. The zero-order chi connectivity index (χ0) is 30.6. The quantitative estimate of drug-likeness (QED) is 0.345. The minimum absolute atomic E-state index is 0.0793. The number of hydrogen-bond acceptors (Lipinski definition) is 3. The zero-order valence-electron chi connectivity index (χ0n) is 23.7. The van der Waals surface area contributed by atoms with Crippen LogP contribution in [0, 0.1) is 12.7 Å². The number of carbonyl (C=O) groups excluding carboxylic acids is 1. The fourth-order valence-electron chi connectivity index (χ4n) is 6.97. The number of nitrogens with zero attached hydrogens (tertiary/aromatic N) is 3. The molecule has 1 spiro atoms. The molecule has 2 amide bonds. The topological polar surface area (TPSA) is 36.0 Å². The van der Waals surface area contributed by atoms with Crippen molar-refractivity contribution >= 4 is 6.03 Å². The third-order valence-corrected chi connectivity index (χ3v) is 9.36. The van der Waals surface area contributed by atoms with E-state index in [-0.39, 0.29) is 23.2 Å². The van der Waals surface area contributed by atoms with Gasteiger partial charge >= 0.3 is 18.4 Å². The van der Waals surface area contributed by atoms with E-state index in [0.29, 0.717) is 50.3 Å². The largest absolute Gasteiger partial charge is 0.416 e. The number of alkyl halides is 6. The molecule has 12 heteroatoms. The van der Waals surface area contributed by atoms with E-state index in [2.05, 4.69) is 4.90 Å².